The number of carbonyl (C=O) groups excluding carboxylic acids is 1. The van der Waals surface area contributed by atoms with Crippen molar-refractivity contribution < 1.29 is 4.79 Å². The average molecular weight is 386 g/mol. The first-order valence-electron chi connectivity index (χ1n) is 10.4. The molecule has 0 saturated carbocycles. The third-order valence-electron chi connectivity index (χ3n) is 6.58. The van der Waals surface area contributed by atoms with E-state index < -0.39 is 0 Å². The molecule has 2 bridgehead atoms. The van der Waals surface area contributed by atoms with Gasteiger partial charge in [-0.15, -0.1) is 0 Å². The largest absolute Gasteiger partial charge is 0.354 e. The van der Waals surface area contributed by atoms with Gasteiger partial charge in [0.15, 0.2) is 0 Å². The predicted molar refractivity (Wildman–Crippen MR) is 112 cm³/mol. The minimum absolute atomic E-state index is 0.0218. The van der Waals surface area contributed by atoms with Crippen molar-refractivity contribution in [1.82, 2.24) is 20.1 Å². The molecule has 1 amide bonds. The lowest BCUT2D eigenvalue weighted by atomic mass is 9.59. The van der Waals surface area contributed by atoms with Gasteiger partial charge in [-0.25, -0.2) is 9.67 Å². The number of hydrogen-bond donors (Lipinski definition) is 1. The highest BCUT2D eigenvalue weighted by molar-refractivity contribution is 5.80. The first-order chi connectivity index (χ1) is 14.1. The van der Waals surface area contributed by atoms with Crippen LogP contribution in [-0.4, -0.2) is 27.2 Å². The monoisotopic (exact) mass is 386 g/mol. The molecule has 0 radical (unpaired) electrons. The molecule has 1 aromatic heterocycles. The third kappa shape index (κ3) is 2.96. The molecule has 3 aliphatic carbocycles. The fourth-order valence-electron chi connectivity index (χ4n) is 5.39. The van der Waals surface area contributed by atoms with Gasteiger partial charge in [0.05, 0.1) is 0 Å². The second-order valence-corrected chi connectivity index (χ2v) is 8.59. The maximum absolute atomic E-state index is 13.0. The molecule has 29 heavy (non-hydrogen) atoms. The van der Waals surface area contributed by atoms with Gasteiger partial charge in [0, 0.05) is 18.4 Å². The molecule has 148 valence electrons. The molecular weight excluding hydrogens is 360 g/mol. The van der Waals surface area contributed by atoms with E-state index in [-0.39, 0.29) is 17.9 Å². The lowest BCUT2D eigenvalue weighted by molar-refractivity contribution is -0.126. The smallest absolute Gasteiger partial charge is 0.245 e. The van der Waals surface area contributed by atoms with Gasteiger partial charge in [-0.05, 0) is 40.5 Å². The Kier molecular flexibility index (Phi) is 4.46. The van der Waals surface area contributed by atoms with E-state index in [0.717, 1.165) is 6.42 Å². The summed E-state index contributed by atoms with van der Waals surface area (Å²) in [4.78, 5) is 17.0. The Morgan fingerprint density at radius 2 is 1.69 bits per heavy atom. The standard InChI is InChI=1S/C24H26N4O/c1-15(2)23(28-14-25-13-27-28)24(29)26-12-16-11-21-17-7-3-5-9-19(17)22(16)20-10-6-4-8-18(20)21/h3-10,13-16,21-23H,11-12H2,1-2H3,(H,26,29). The number of nitrogens with one attached hydrogen (secondary N) is 1. The van der Waals surface area contributed by atoms with Gasteiger partial charge in [0.1, 0.15) is 18.7 Å². The summed E-state index contributed by atoms with van der Waals surface area (Å²) in [5.74, 6) is 1.33. The number of amides is 1. The van der Waals surface area contributed by atoms with E-state index in [1.54, 1.807) is 11.0 Å². The molecule has 3 aromatic rings. The van der Waals surface area contributed by atoms with Crippen LogP contribution in [0.4, 0.5) is 0 Å². The maximum atomic E-state index is 13.0. The van der Waals surface area contributed by atoms with E-state index >= 15 is 0 Å². The van der Waals surface area contributed by atoms with Crippen LogP contribution in [0.1, 0.15) is 60.4 Å². The van der Waals surface area contributed by atoms with Crippen molar-refractivity contribution in [3.05, 3.63) is 83.4 Å². The molecule has 5 nitrogen and oxygen atoms in total. The second-order valence-electron chi connectivity index (χ2n) is 8.59. The highest BCUT2D eigenvalue weighted by Gasteiger charge is 2.43. The molecule has 1 heterocycles. The van der Waals surface area contributed by atoms with E-state index in [2.05, 4.69) is 63.9 Å². The van der Waals surface area contributed by atoms with Crippen molar-refractivity contribution in [2.45, 2.75) is 38.1 Å². The average Bonchev–Trinajstić information content (AvgIpc) is 3.26. The topological polar surface area (TPSA) is 59.8 Å². The first-order valence-corrected chi connectivity index (χ1v) is 10.4. The number of aromatic nitrogens is 3. The molecule has 0 fully saturated rings. The molecule has 1 N–H and O–H groups in total. The number of benzene rings is 2. The van der Waals surface area contributed by atoms with E-state index in [9.17, 15) is 4.79 Å². The van der Waals surface area contributed by atoms with Crippen molar-refractivity contribution in [3.63, 3.8) is 0 Å². The molecule has 0 saturated heterocycles. The molecule has 2 unspecified atom stereocenters. The Balaban J connectivity index is 1.40. The summed E-state index contributed by atoms with van der Waals surface area (Å²) in [6.07, 6.45) is 4.19. The van der Waals surface area contributed by atoms with Gasteiger partial charge in [-0.1, -0.05) is 62.4 Å². The Hall–Kier alpha value is -2.95. The van der Waals surface area contributed by atoms with Crippen LogP contribution in [0.2, 0.25) is 0 Å². The summed E-state index contributed by atoms with van der Waals surface area (Å²) in [5.41, 5.74) is 5.78. The molecule has 2 atom stereocenters. The van der Waals surface area contributed by atoms with Crippen LogP contribution in [0.5, 0.6) is 0 Å². The van der Waals surface area contributed by atoms with Crippen molar-refractivity contribution in [3.8, 4) is 0 Å². The Bertz CT molecular complexity index is 979. The quantitative estimate of drug-likeness (QED) is 0.724. The van der Waals surface area contributed by atoms with Gasteiger partial charge in [-0.2, -0.15) is 5.10 Å². The zero-order chi connectivity index (χ0) is 20.0. The van der Waals surface area contributed by atoms with Crippen molar-refractivity contribution in [1.29, 1.82) is 0 Å². The summed E-state index contributed by atoms with van der Waals surface area (Å²) < 4.78 is 1.66. The van der Waals surface area contributed by atoms with Crippen molar-refractivity contribution in [2.75, 3.05) is 6.54 Å². The zero-order valence-electron chi connectivity index (χ0n) is 16.8. The van der Waals surface area contributed by atoms with Gasteiger partial charge in [0.25, 0.3) is 0 Å². The molecule has 5 heteroatoms. The minimum atomic E-state index is -0.335. The van der Waals surface area contributed by atoms with Gasteiger partial charge >= 0.3 is 0 Å². The lowest BCUT2D eigenvalue weighted by Crippen LogP contribution is -2.42. The van der Waals surface area contributed by atoms with Crippen molar-refractivity contribution >= 4 is 5.91 Å². The van der Waals surface area contributed by atoms with Gasteiger partial charge in [-0.3, -0.25) is 4.79 Å². The second kappa shape index (κ2) is 7.14. The van der Waals surface area contributed by atoms with Crippen LogP contribution in [0.15, 0.2) is 61.2 Å². The highest BCUT2D eigenvalue weighted by Crippen LogP contribution is 2.55. The van der Waals surface area contributed by atoms with E-state index in [4.69, 9.17) is 0 Å². The summed E-state index contributed by atoms with van der Waals surface area (Å²) in [5, 5.41) is 7.44. The fourth-order valence-corrected chi connectivity index (χ4v) is 5.39. The SMILES string of the molecule is CC(C)C(C(=O)NCC1CC2c3ccccc3C1c1ccccc12)n1cncn1. The van der Waals surface area contributed by atoms with Crippen molar-refractivity contribution in [2.24, 2.45) is 11.8 Å². The molecule has 0 spiro atoms. The van der Waals surface area contributed by atoms with Crippen LogP contribution in [0.25, 0.3) is 0 Å². The third-order valence-corrected chi connectivity index (χ3v) is 6.58. The molecule has 3 aliphatic rings. The number of nitrogens with zero attached hydrogens (tertiary/aromatic N) is 3. The summed E-state index contributed by atoms with van der Waals surface area (Å²) in [6.45, 7) is 4.77. The van der Waals surface area contributed by atoms with Crippen LogP contribution in [0.3, 0.4) is 0 Å². The molecule has 6 rings (SSSR count). The first kappa shape index (κ1) is 18.1. The van der Waals surface area contributed by atoms with Crippen LogP contribution >= 0.6 is 0 Å². The lowest BCUT2D eigenvalue weighted by Gasteiger charge is -2.45. The van der Waals surface area contributed by atoms with Gasteiger partial charge < -0.3 is 5.32 Å². The van der Waals surface area contributed by atoms with Crippen LogP contribution < -0.4 is 5.32 Å². The minimum Gasteiger partial charge on any atom is -0.354 e. The number of rotatable bonds is 5. The fraction of sp³-hybridized carbons (Fsp3) is 0.375. The maximum Gasteiger partial charge on any atom is 0.245 e. The summed E-state index contributed by atoms with van der Waals surface area (Å²) in [6, 6.07) is 17.3. The number of carbonyl (C=O) groups is 1. The van der Waals surface area contributed by atoms with E-state index in [0.29, 0.717) is 24.3 Å². The molecule has 0 aliphatic heterocycles. The normalized spacial score (nSPS) is 22.8. The zero-order valence-corrected chi connectivity index (χ0v) is 16.8. The Morgan fingerprint density at radius 3 is 2.24 bits per heavy atom. The Morgan fingerprint density at radius 1 is 1.07 bits per heavy atom. The summed E-state index contributed by atoms with van der Waals surface area (Å²) in [7, 11) is 0. The molecular formula is C24H26N4O. The van der Waals surface area contributed by atoms with E-state index in [1.165, 1.54) is 28.6 Å². The number of hydrogen-bond acceptors (Lipinski definition) is 3. The van der Waals surface area contributed by atoms with Gasteiger partial charge in [0.2, 0.25) is 5.91 Å². The molecule has 2 aromatic carbocycles. The van der Waals surface area contributed by atoms with Crippen LogP contribution in [-0.2, 0) is 4.79 Å². The van der Waals surface area contributed by atoms with E-state index in [1.807, 2.05) is 13.8 Å². The Labute approximate surface area is 171 Å². The van der Waals surface area contributed by atoms with Crippen LogP contribution in [0, 0.1) is 11.8 Å². The number of fused-ring (bicyclic) bond motifs is 1. The predicted octanol–water partition coefficient (Wildman–Crippen LogP) is 3.89. The highest BCUT2D eigenvalue weighted by atomic mass is 16.2. The summed E-state index contributed by atoms with van der Waals surface area (Å²) >= 11 is 0.